The van der Waals surface area contributed by atoms with Crippen LogP contribution in [0.3, 0.4) is 0 Å². The summed E-state index contributed by atoms with van der Waals surface area (Å²) in [4.78, 5) is 0. The molecule has 2 unspecified atom stereocenters. The molecule has 0 spiro atoms. The third-order valence-electron chi connectivity index (χ3n) is 4.12. The highest BCUT2D eigenvalue weighted by Gasteiger charge is 2.29. The van der Waals surface area contributed by atoms with E-state index in [-0.39, 0.29) is 23.5 Å². The molecule has 1 aliphatic heterocycles. The average molecular weight is 308 g/mol. The van der Waals surface area contributed by atoms with Gasteiger partial charge in [-0.1, -0.05) is 23.7 Å². The molecule has 1 aliphatic rings. The van der Waals surface area contributed by atoms with E-state index in [0.717, 1.165) is 18.5 Å². The van der Waals surface area contributed by atoms with Crippen LogP contribution in [0.1, 0.15) is 29.4 Å². The Morgan fingerprint density at radius 3 is 2.71 bits per heavy atom. The van der Waals surface area contributed by atoms with E-state index >= 15 is 0 Å². The Morgan fingerprint density at radius 1 is 1.05 bits per heavy atom. The first-order chi connectivity index (χ1) is 10.1. The standard InChI is InChI=1S/C17H16ClF2N/c18-12-4-5-17(20)15(9-12)14-6-7-21-10-16(14)11-2-1-3-13(19)8-11/h1-5,8-9,14,16,21H,6-7,10H2. The second-order valence-electron chi connectivity index (χ2n) is 5.43. The molecular formula is C17H16ClF2N. The Labute approximate surface area is 127 Å². The fourth-order valence-electron chi connectivity index (χ4n) is 3.12. The summed E-state index contributed by atoms with van der Waals surface area (Å²) in [7, 11) is 0. The second kappa shape index (κ2) is 6.12. The van der Waals surface area contributed by atoms with E-state index in [4.69, 9.17) is 11.6 Å². The Balaban J connectivity index is 2.00. The molecule has 1 fully saturated rings. The number of hydrogen-bond donors (Lipinski definition) is 1. The zero-order valence-corrected chi connectivity index (χ0v) is 12.2. The van der Waals surface area contributed by atoms with Crippen LogP contribution in [0, 0.1) is 11.6 Å². The third-order valence-corrected chi connectivity index (χ3v) is 4.35. The first-order valence-electron chi connectivity index (χ1n) is 7.06. The highest BCUT2D eigenvalue weighted by molar-refractivity contribution is 6.30. The first kappa shape index (κ1) is 14.5. The molecule has 0 bridgehead atoms. The minimum absolute atomic E-state index is 0.00625. The van der Waals surface area contributed by atoms with Gasteiger partial charge < -0.3 is 5.32 Å². The van der Waals surface area contributed by atoms with Crippen molar-refractivity contribution in [2.75, 3.05) is 13.1 Å². The summed E-state index contributed by atoms with van der Waals surface area (Å²) in [6, 6.07) is 11.2. The fourth-order valence-corrected chi connectivity index (χ4v) is 3.30. The van der Waals surface area contributed by atoms with Crippen molar-refractivity contribution in [2.45, 2.75) is 18.3 Å². The van der Waals surface area contributed by atoms with Crippen molar-refractivity contribution in [3.63, 3.8) is 0 Å². The Bertz CT molecular complexity index is 644. The summed E-state index contributed by atoms with van der Waals surface area (Å²) in [6.07, 6.45) is 0.804. The van der Waals surface area contributed by atoms with Gasteiger partial charge in [0.15, 0.2) is 0 Å². The van der Waals surface area contributed by atoms with Crippen molar-refractivity contribution in [2.24, 2.45) is 0 Å². The highest BCUT2D eigenvalue weighted by atomic mass is 35.5. The van der Waals surface area contributed by atoms with E-state index in [0.29, 0.717) is 17.1 Å². The van der Waals surface area contributed by atoms with Crippen molar-refractivity contribution in [1.82, 2.24) is 5.32 Å². The van der Waals surface area contributed by atoms with Crippen molar-refractivity contribution in [3.8, 4) is 0 Å². The SMILES string of the molecule is Fc1cccc(C2CNCCC2c2cc(Cl)ccc2F)c1. The summed E-state index contributed by atoms with van der Waals surface area (Å²) >= 11 is 6.01. The van der Waals surface area contributed by atoms with Crippen molar-refractivity contribution in [3.05, 3.63) is 70.2 Å². The van der Waals surface area contributed by atoms with Crippen molar-refractivity contribution >= 4 is 11.6 Å². The summed E-state index contributed by atoms with van der Waals surface area (Å²) in [5.74, 6) is -0.453. The monoisotopic (exact) mass is 307 g/mol. The third kappa shape index (κ3) is 3.09. The summed E-state index contributed by atoms with van der Waals surface area (Å²) < 4.78 is 27.6. The maximum absolute atomic E-state index is 14.2. The molecule has 2 aromatic rings. The van der Waals surface area contributed by atoms with Gasteiger partial charge in [0.2, 0.25) is 0 Å². The molecule has 1 heterocycles. The van der Waals surface area contributed by atoms with Gasteiger partial charge in [-0.25, -0.2) is 8.78 Å². The van der Waals surface area contributed by atoms with Crippen LogP contribution >= 0.6 is 11.6 Å². The normalized spacial score (nSPS) is 22.2. The topological polar surface area (TPSA) is 12.0 Å². The maximum atomic E-state index is 14.2. The molecule has 2 atom stereocenters. The van der Waals surface area contributed by atoms with Crippen LogP contribution in [0.25, 0.3) is 0 Å². The molecule has 4 heteroatoms. The van der Waals surface area contributed by atoms with Gasteiger partial charge in [-0.3, -0.25) is 0 Å². The van der Waals surface area contributed by atoms with Gasteiger partial charge in [0.1, 0.15) is 11.6 Å². The van der Waals surface area contributed by atoms with Crippen LogP contribution in [-0.4, -0.2) is 13.1 Å². The van der Waals surface area contributed by atoms with Crippen LogP contribution in [0.4, 0.5) is 8.78 Å². The van der Waals surface area contributed by atoms with E-state index in [1.54, 1.807) is 18.2 Å². The highest BCUT2D eigenvalue weighted by Crippen LogP contribution is 2.39. The van der Waals surface area contributed by atoms with E-state index in [2.05, 4.69) is 5.32 Å². The van der Waals surface area contributed by atoms with Crippen LogP contribution in [-0.2, 0) is 0 Å². The maximum Gasteiger partial charge on any atom is 0.126 e. The van der Waals surface area contributed by atoms with Crippen LogP contribution < -0.4 is 5.32 Å². The van der Waals surface area contributed by atoms with Gasteiger partial charge in [0, 0.05) is 17.5 Å². The van der Waals surface area contributed by atoms with Crippen molar-refractivity contribution < 1.29 is 8.78 Å². The lowest BCUT2D eigenvalue weighted by atomic mass is 9.77. The Morgan fingerprint density at radius 2 is 1.90 bits per heavy atom. The fraction of sp³-hybridized carbons (Fsp3) is 0.294. The molecule has 0 saturated carbocycles. The molecule has 1 N–H and O–H groups in total. The smallest absolute Gasteiger partial charge is 0.126 e. The predicted molar refractivity (Wildman–Crippen MR) is 80.8 cm³/mol. The molecule has 0 aromatic heterocycles. The largest absolute Gasteiger partial charge is 0.316 e. The Hall–Kier alpha value is -1.45. The van der Waals surface area contributed by atoms with E-state index in [1.807, 2.05) is 6.07 Å². The molecule has 1 saturated heterocycles. The molecule has 0 radical (unpaired) electrons. The van der Waals surface area contributed by atoms with Gasteiger partial charge in [0.05, 0.1) is 0 Å². The van der Waals surface area contributed by atoms with E-state index < -0.39 is 0 Å². The number of halogens is 3. The lowest BCUT2D eigenvalue weighted by Crippen LogP contribution is -2.34. The summed E-state index contributed by atoms with van der Waals surface area (Å²) in [6.45, 7) is 1.53. The van der Waals surface area contributed by atoms with E-state index in [9.17, 15) is 8.78 Å². The molecule has 2 aromatic carbocycles. The number of rotatable bonds is 2. The van der Waals surface area contributed by atoms with Crippen LogP contribution in [0.5, 0.6) is 0 Å². The van der Waals surface area contributed by atoms with Gasteiger partial charge in [-0.05, 0) is 60.3 Å². The predicted octanol–water partition coefficient (Wildman–Crippen LogP) is 4.48. The van der Waals surface area contributed by atoms with Gasteiger partial charge in [0.25, 0.3) is 0 Å². The molecular weight excluding hydrogens is 292 g/mol. The molecule has 110 valence electrons. The van der Waals surface area contributed by atoms with Gasteiger partial charge in [-0.15, -0.1) is 0 Å². The summed E-state index contributed by atoms with van der Waals surface area (Å²) in [5, 5.41) is 3.84. The molecule has 0 amide bonds. The lowest BCUT2D eigenvalue weighted by molar-refractivity contribution is 0.392. The number of nitrogens with one attached hydrogen (secondary N) is 1. The number of benzene rings is 2. The number of hydrogen-bond acceptors (Lipinski definition) is 1. The lowest BCUT2D eigenvalue weighted by Gasteiger charge is -2.33. The van der Waals surface area contributed by atoms with Crippen LogP contribution in [0.15, 0.2) is 42.5 Å². The van der Waals surface area contributed by atoms with E-state index in [1.165, 1.54) is 18.2 Å². The average Bonchev–Trinajstić information content (AvgIpc) is 2.50. The molecule has 0 aliphatic carbocycles. The number of piperidine rings is 1. The molecule has 1 nitrogen and oxygen atoms in total. The zero-order chi connectivity index (χ0) is 14.8. The van der Waals surface area contributed by atoms with Gasteiger partial charge in [-0.2, -0.15) is 0 Å². The van der Waals surface area contributed by atoms with Crippen molar-refractivity contribution in [1.29, 1.82) is 0 Å². The minimum atomic E-state index is -0.261. The Kier molecular flexibility index (Phi) is 4.22. The second-order valence-corrected chi connectivity index (χ2v) is 5.86. The minimum Gasteiger partial charge on any atom is -0.316 e. The molecule has 3 rings (SSSR count). The summed E-state index contributed by atoms with van der Waals surface area (Å²) in [5.41, 5.74) is 1.52. The quantitative estimate of drug-likeness (QED) is 0.862. The molecule has 21 heavy (non-hydrogen) atoms. The zero-order valence-electron chi connectivity index (χ0n) is 11.5. The first-order valence-corrected chi connectivity index (χ1v) is 7.44. The van der Waals surface area contributed by atoms with Crippen LogP contribution in [0.2, 0.25) is 5.02 Å². The van der Waals surface area contributed by atoms with Gasteiger partial charge >= 0.3 is 0 Å².